The largest absolute Gasteiger partial charge is 0.366 e. The van der Waals surface area contributed by atoms with Crippen molar-refractivity contribution in [1.82, 2.24) is 5.32 Å². The summed E-state index contributed by atoms with van der Waals surface area (Å²) < 4.78 is 1.40. The van der Waals surface area contributed by atoms with Gasteiger partial charge >= 0.3 is 0 Å². The highest BCUT2D eigenvalue weighted by Crippen LogP contribution is 2.32. The molecule has 0 radical (unpaired) electrons. The van der Waals surface area contributed by atoms with Gasteiger partial charge < -0.3 is 11.1 Å². The maximum atomic E-state index is 13.1. The summed E-state index contributed by atoms with van der Waals surface area (Å²) in [7, 11) is 0. The Hall–Kier alpha value is -4.03. The van der Waals surface area contributed by atoms with Gasteiger partial charge in [0.05, 0.1) is 0 Å². The average molecular weight is 625 g/mol. The number of fused-ring (bicyclic) bond motifs is 1. The van der Waals surface area contributed by atoms with E-state index in [-0.39, 0.29) is 23.5 Å². The molecule has 5 nitrogen and oxygen atoms in total. The average Bonchev–Trinajstić information content (AvgIpc) is 3.51. The van der Waals surface area contributed by atoms with Crippen LogP contribution in [0.15, 0.2) is 102 Å². The lowest BCUT2D eigenvalue weighted by Gasteiger charge is -2.26. The predicted octanol–water partition coefficient (Wildman–Crippen LogP) is 9.05. The third-order valence-corrected chi connectivity index (χ3v) is 9.04. The van der Waals surface area contributed by atoms with Gasteiger partial charge in [0, 0.05) is 28.8 Å². The molecule has 2 atom stereocenters. The van der Waals surface area contributed by atoms with Crippen LogP contribution in [0.5, 0.6) is 0 Å². The van der Waals surface area contributed by atoms with E-state index in [0.717, 1.165) is 36.0 Å². The normalized spacial score (nSPS) is 18.5. The number of rotatable bonds is 12. The number of aryl methyl sites for hydroxylation is 1. The third-order valence-electron chi connectivity index (χ3n) is 8.14. The highest BCUT2D eigenvalue weighted by molar-refractivity contribution is 7.17. The predicted molar refractivity (Wildman–Crippen MR) is 189 cm³/mol. The van der Waals surface area contributed by atoms with Crippen molar-refractivity contribution in [2.24, 2.45) is 17.6 Å². The first-order valence-electron chi connectivity index (χ1n) is 16.1. The monoisotopic (exact) mass is 624 g/mol. The van der Waals surface area contributed by atoms with E-state index in [9.17, 15) is 14.4 Å². The molecule has 2 unspecified atom stereocenters. The van der Waals surface area contributed by atoms with E-state index in [4.69, 9.17) is 5.73 Å². The number of ketones is 1. The lowest BCUT2D eigenvalue weighted by molar-refractivity contribution is -0.118. The number of thiophene rings is 1. The Morgan fingerprint density at radius 3 is 2.42 bits per heavy atom. The first-order chi connectivity index (χ1) is 21.7. The molecular weight excluding hydrogens is 577 g/mol. The summed E-state index contributed by atoms with van der Waals surface area (Å²) in [5, 5.41) is 6.53. The Morgan fingerprint density at radius 1 is 1.02 bits per heavy atom. The molecule has 0 spiro atoms. The van der Waals surface area contributed by atoms with Crippen LogP contribution in [0.3, 0.4) is 0 Å². The van der Waals surface area contributed by atoms with Crippen molar-refractivity contribution in [2.45, 2.75) is 79.2 Å². The molecule has 1 aliphatic carbocycles. The standard InChI is InChI=1S/C28H36N2O3.C11H12S/c1-5-7-10-23(26(31)6-2)17-24-16-19(3)9-8-11-25(20(24)4)28(33)30-18-21-12-14-22(15-13-21)27(29)32;1-2-3-9-4-5-11-10(8-9)6-7-12-11/h8-9,11-15,17,20,24H,3,5-7,10,16,18H2,1-2,4H3,(H2,29,32)(H,30,33);4-8H,2-3H2,1H3/b9-8-,23-17+,25-11+;. The molecule has 1 heterocycles. The topological polar surface area (TPSA) is 89.3 Å². The lowest BCUT2D eigenvalue weighted by atomic mass is 9.79. The molecule has 0 saturated heterocycles. The Morgan fingerprint density at radius 2 is 1.76 bits per heavy atom. The van der Waals surface area contributed by atoms with Crippen LogP contribution in [0, 0.1) is 11.8 Å². The Kier molecular flexibility index (Phi) is 14.2. The number of nitrogens with one attached hydrogen (secondary N) is 1. The number of benzene rings is 2. The molecule has 0 bridgehead atoms. The highest BCUT2D eigenvalue weighted by atomic mass is 32.1. The minimum atomic E-state index is -0.480. The van der Waals surface area contributed by atoms with Crippen molar-refractivity contribution in [1.29, 1.82) is 0 Å². The molecule has 3 aromatic rings. The van der Waals surface area contributed by atoms with Crippen molar-refractivity contribution in [3.05, 3.63) is 118 Å². The zero-order valence-electron chi connectivity index (χ0n) is 27.2. The number of carbonyl (C=O) groups excluding carboxylic acids is 3. The van der Waals surface area contributed by atoms with Gasteiger partial charge in [-0.25, -0.2) is 0 Å². The zero-order chi connectivity index (χ0) is 32.8. The highest BCUT2D eigenvalue weighted by Gasteiger charge is 2.26. The summed E-state index contributed by atoms with van der Waals surface area (Å²) >= 11 is 1.81. The lowest BCUT2D eigenvalue weighted by Crippen LogP contribution is -2.30. The summed E-state index contributed by atoms with van der Waals surface area (Å²) in [6, 6.07) is 15.8. The maximum Gasteiger partial charge on any atom is 0.248 e. The second-order valence-electron chi connectivity index (χ2n) is 11.7. The van der Waals surface area contributed by atoms with Crippen molar-refractivity contribution in [3.63, 3.8) is 0 Å². The number of primary amides is 1. The number of unbranched alkanes of at least 4 members (excludes halogenated alkanes) is 1. The van der Waals surface area contributed by atoms with Crippen LogP contribution in [0.25, 0.3) is 10.1 Å². The Balaban J connectivity index is 0.000000379. The number of Topliss-reactive ketones (excluding diaryl/α,β-unsaturated/α-hetero) is 1. The van der Waals surface area contributed by atoms with E-state index in [1.165, 1.54) is 28.5 Å². The minimum absolute atomic E-state index is 0.0108. The van der Waals surface area contributed by atoms with Crippen LogP contribution in [-0.4, -0.2) is 17.6 Å². The first kappa shape index (κ1) is 35.4. The van der Waals surface area contributed by atoms with E-state index in [1.807, 2.05) is 43.4 Å². The second-order valence-corrected chi connectivity index (χ2v) is 12.6. The molecule has 2 amide bonds. The van der Waals surface area contributed by atoms with Crippen molar-refractivity contribution in [3.8, 4) is 0 Å². The van der Waals surface area contributed by atoms with E-state index >= 15 is 0 Å². The van der Waals surface area contributed by atoms with E-state index in [0.29, 0.717) is 30.5 Å². The Labute approximate surface area is 273 Å². The van der Waals surface area contributed by atoms with Gasteiger partial charge in [-0.15, -0.1) is 11.3 Å². The van der Waals surface area contributed by atoms with Gasteiger partial charge in [-0.1, -0.05) is 101 Å². The number of nitrogens with two attached hydrogens (primary N) is 1. The van der Waals surface area contributed by atoms with Crippen LogP contribution < -0.4 is 11.1 Å². The fraction of sp³-hybridized carbons (Fsp3) is 0.359. The molecule has 3 N–H and O–H groups in total. The minimum Gasteiger partial charge on any atom is -0.366 e. The molecule has 238 valence electrons. The van der Waals surface area contributed by atoms with Crippen LogP contribution in [0.2, 0.25) is 0 Å². The summed E-state index contributed by atoms with van der Waals surface area (Å²) in [5.74, 6) is -0.518. The van der Waals surface area contributed by atoms with Crippen LogP contribution in [-0.2, 0) is 22.6 Å². The molecular formula is C39H48N2O3S. The van der Waals surface area contributed by atoms with E-state index < -0.39 is 5.91 Å². The maximum absolute atomic E-state index is 13.1. The molecule has 1 aliphatic rings. The van der Waals surface area contributed by atoms with Crippen molar-refractivity contribution in [2.75, 3.05) is 0 Å². The molecule has 4 rings (SSSR count). The number of amides is 2. The fourth-order valence-corrected chi connectivity index (χ4v) is 6.17. The van der Waals surface area contributed by atoms with Gasteiger partial charge in [-0.05, 0) is 89.3 Å². The molecule has 0 saturated carbocycles. The number of allylic oxidation sites excluding steroid dienone is 6. The third kappa shape index (κ3) is 10.8. The number of carbonyl (C=O) groups is 3. The van der Waals surface area contributed by atoms with Crippen molar-refractivity contribution < 1.29 is 14.4 Å². The molecule has 2 aromatic carbocycles. The summed E-state index contributed by atoms with van der Waals surface area (Å²) in [4.78, 5) is 36.9. The van der Waals surface area contributed by atoms with Gasteiger partial charge in [0.1, 0.15) is 0 Å². The van der Waals surface area contributed by atoms with E-state index in [2.05, 4.69) is 61.5 Å². The molecule has 1 aromatic heterocycles. The molecule has 6 heteroatoms. The van der Waals surface area contributed by atoms with Gasteiger partial charge in [0.2, 0.25) is 11.8 Å². The van der Waals surface area contributed by atoms with Gasteiger partial charge in [0.25, 0.3) is 0 Å². The summed E-state index contributed by atoms with van der Waals surface area (Å²) in [6.45, 7) is 12.7. The van der Waals surface area contributed by atoms with Crippen LogP contribution in [0.4, 0.5) is 0 Å². The number of hydrogen-bond donors (Lipinski definition) is 2. The Bertz CT molecular complexity index is 1560. The van der Waals surface area contributed by atoms with Crippen molar-refractivity contribution >= 4 is 39.0 Å². The fourth-order valence-electron chi connectivity index (χ4n) is 5.40. The van der Waals surface area contributed by atoms with Crippen LogP contribution in [0.1, 0.15) is 87.7 Å². The summed E-state index contributed by atoms with van der Waals surface area (Å²) in [5.41, 5.74) is 10.6. The molecule has 0 aliphatic heterocycles. The zero-order valence-corrected chi connectivity index (χ0v) is 28.1. The SMILES string of the molecule is C=C1/C=C\C=C(\C(=O)NCc2ccc(C(N)=O)cc2)C(C)C(/C=C(\CCCC)C(=O)CC)C1.CCCc1ccc2sccc2c1. The molecule has 45 heavy (non-hydrogen) atoms. The summed E-state index contributed by atoms with van der Waals surface area (Å²) in [6.07, 6.45) is 14.1. The van der Waals surface area contributed by atoms with Gasteiger partial charge in [-0.2, -0.15) is 0 Å². The van der Waals surface area contributed by atoms with Crippen LogP contribution >= 0.6 is 11.3 Å². The van der Waals surface area contributed by atoms with Gasteiger partial charge in [0.15, 0.2) is 5.78 Å². The van der Waals surface area contributed by atoms with E-state index in [1.54, 1.807) is 24.3 Å². The molecule has 0 fully saturated rings. The quantitative estimate of drug-likeness (QED) is 0.197. The second kappa shape index (κ2) is 18.1. The number of hydrogen-bond acceptors (Lipinski definition) is 4. The van der Waals surface area contributed by atoms with Gasteiger partial charge in [-0.3, -0.25) is 14.4 Å². The smallest absolute Gasteiger partial charge is 0.248 e. The first-order valence-corrected chi connectivity index (χ1v) is 17.0.